The maximum atomic E-state index is 9.26. The van der Waals surface area contributed by atoms with Gasteiger partial charge in [0.15, 0.2) is 0 Å². The van der Waals surface area contributed by atoms with Crippen LogP contribution in [0.15, 0.2) is 54.7 Å². The zero-order chi connectivity index (χ0) is 13.9. The topological polar surface area (TPSA) is 56.9 Å². The quantitative estimate of drug-likeness (QED) is 0.769. The lowest BCUT2D eigenvalue weighted by atomic mass is 9.96. The van der Waals surface area contributed by atoms with Crippen molar-refractivity contribution in [3.8, 4) is 17.2 Å². The van der Waals surface area contributed by atoms with Gasteiger partial charge in [-0.15, -0.1) is 0 Å². The van der Waals surface area contributed by atoms with E-state index in [1.54, 1.807) is 0 Å². The van der Waals surface area contributed by atoms with Crippen LogP contribution in [0.4, 0.5) is 0 Å². The lowest BCUT2D eigenvalue weighted by Crippen LogP contribution is -1.94. The summed E-state index contributed by atoms with van der Waals surface area (Å²) in [7, 11) is 0. The Hall–Kier alpha value is -2.70. The van der Waals surface area contributed by atoms with Crippen LogP contribution in [0.5, 0.6) is 0 Å². The molecular weight excluding hydrogens is 248 g/mol. The van der Waals surface area contributed by atoms with Gasteiger partial charge in [0.25, 0.3) is 0 Å². The number of pyridine rings is 1. The molecule has 0 amide bonds. The Bertz CT molecular complexity index is 813. The van der Waals surface area contributed by atoms with Gasteiger partial charge in [-0.25, -0.2) is 4.98 Å². The fraction of sp³-hybridized carbons (Fsp3) is 0.0588. The Morgan fingerprint density at radius 1 is 1.05 bits per heavy atom. The summed E-state index contributed by atoms with van der Waals surface area (Å²) in [5, 5.41) is 20.7. The SMILES string of the molecule is N#Cc1ncc(CO)cc1-c1cccc2ccccc12. The first kappa shape index (κ1) is 12.3. The molecule has 3 nitrogen and oxygen atoms in total. The first-order valence-corrected chi connectivity index (χ1v) is 6.31. The zero-order valence-corrected chi connectivity index (χ0v) is 10.7. The van der Waals surface area contributed by atoms with Crippen LogP contribution in [0.1, 0.15) is 11.3 Å². The van der Waals surface area contributed by atoms with Gasteiger partial charge < -0.3 is 5.11 Å². The van der Waals surface area contributed by atoms with Crippen molar-refractivity contribution >= 4 is 10.8 Å². The van der Waals surface area contributed by atoms with Gasteiger partial charge in [0.2, 0.25) is 0 Å². The van der Waals surface area contributed by atoms with E-state index in [0.29, 0.717) is 11.3 Å². The number of benzene rings is 2. The van der Waals surface area contributed by atoms with Crippen molar-refractivity contribution in [2.45, 2.75) is 6.61 Å². The van der Waals surface area contributed by atoms with Crippen LogP contribution in [0, 0.1) is 11.3 Å². The van der Waals surface area contributed by atoms with Gasteiger partial charge in [-0.05, 0) is 28.0 Å². The highest BCUT2D eigenvalue weighted by Crippen LogP contribution is 2.30. The summed E-state index contributed by atoms with van der Waals surface area (Å²) in [6, 6.07) is 17.9. The summed E-state index contributed by atoms with van der Waals surface area (Å²) >= 11 is 0. The zero-order valence-electron chi connectivity index (χ0n) is 10.7. The summed E-state index contributed by atoms with van der Waals surface area (Å²) in [6.45, 7) is -0.0868. The third-order valence-electron chi connectivity index (χ3n) is 3.31. The third-order valence-corrected chi connectivity index (χ3v) is 3.31. The predicted octanol–water partition coefficient (Wildman–Crippen LogP) is 3.27. The molecule has 2 aromatic carbocycles. The molecule has 0 fully saturated rings. The van der Waals surface area contributed by atoms with Crippen molar-refractivity contribution < 1.29 is 5.11 Å². The molecule has 20 heavy (non-hydrogen) atoms. The molecule has 1 heterocycles. The van der Waals surface area contributed by atoms with Gasteiger partial charge >= 0.3 is 0 Å². The third kappa shape index (κ3) is 2.03. The average Bonchev–Trinajstić information content (AvgIpc) is 2.53. The van der Waals surface area contributed by atoms with Crippen LogP contribution in [-0.4, -0.2) is 10.1 Å². The molecule has 3 rings (SSSR count). The van der Waals surface area contributed by atoms with Gasteiger partial charge in [-0.3, -0.25) is 0 Å². The van der Waals surface area contributed by atoms with Crippen LogP contribution >= 0.6 is 0 Å². The van der Waals surface area contributed by atoms with Crippen molar-refractivity contribution in [3.63, 3.8) is 0 Å². The molecule has 1 N–H and O–H groups in total. The van der Waals surface area contributed by atoms with Crippen LogP contribution in [0.25, 0.3) is 21.9 Å². The maximum absolute atomic E-state index is 9.26. The average molecular weight is 260 g/mol. The number of hydrogen-bond donors (Lipinski definition) is 1. The van der Waals surface area contributed by atoms with Crippen molar-refractivity contribution in [1.29, 1.82) is 5.26 Å². The molecule has 0 aliphatic heterocycles. The molecule has 0 saturated heterocycles. The number of aliphatic hydroxyl groups is 1. The second-order valence-electron chi connectivity index (χ2n) is 4.54. The molecule has 0 aliphatic carbocycles. The Morgan fingerprint density at radius 3 is 2.65 bits per heavy atom. The van der Waals surface area contributed by atoms with E-state index in [9.17, 15) is 10.4 Å². The van der Waals surface area contributed by atoms with Crippen LogP contribution in [-0.2, 0) is 6.61 Å². The minimum absolute atomic E-state index is 0.0868. The second kappa shape index (κ2) is 5.12. The molecule has 0 aliphatic rings. The molecular formula is C17H12N2O. The van der Waals surface area contributed by atoms with Crippen molar-refractivity contribution in [2.75, 3.05) is 0 Å². The van der Waals surface area contributed by atoms with Gasteiger partial charge in [0.05, 0.1) is 6.61 Å². The molecule has 0 spiro atoms. The summed E-state index contributed by atoms with van der Waals surface area (Å²) in [6.07, 6.45) is 1.53. The minimum Gasteiger partial charge on any atom is -0.392 e. The smallest absolute Gasteiger partial charge is 0.148 e. The standard InChI is InChI=1S/C17H12N2O/c18-9-17-16(8-12(11-20)10-19-17)15-7-3-5-13-4-1-2-6-14(13)15/h1-8,10,20H,11H2. The maximum Gasteiger partial charge on any atom is 0.148 e. The molecule has 0 bridgehead atoms. The van der Waals surface area contributed by atoms with Gasteiger partial charge in [-0.1, -0.05) is 42.5 Å². The van der Waals surface area contributed by atoms with E-state index in [2.05, 4.69) is 11.1 Å². The fourth-order valence-corrected chi connectivity index (χ4v) is 2.35. The summed E-state index contributed by atoms with van der Waals surface area (Å²) in [5.41, 5.74) is 2.80. The van der Waals surface area contributed by atoms with E-state index in [0.717, 1.165) is 21.9 Å². The Morgan fingerprint density at radius 2 is 1.85 bits per heavy atom. The van der Waals surface area contributed by atoms with Gasteiger partial charge in [0.1, 0.15) is 11.8 Å². The largest absolute Gasteiger partial charge is 0.392 e. The molecule has 0 saturated carbocycles. The van der Waals surface area contributed by atoms with Crippen LogP contribution in [0.3, 0.4) is 0 Å². The number of hydrogen-bond acceptors (Lipinski definition) is 3. The van der Waals surface area contributed by atoms with Crippen molar-refractivity contribution in [1.82, 2.24) is 4.98 Å². The fourth-order valence-electron chi connectivity index (χ4n) is 2.35. The highest BCUT2D eigenvalue weighted by atomic mass is 16.3. The lowest BCUT2D eigenvalue weighted by Gasteiger charge is -2.09. The molecule has 0 atom stereocenters. The molecule has 96 valence electrons. The van der Waals surface area contributed by atoms with E-state index in [-0.39, 0.29) is 6.61 Å². The highest BCUT2D eigenvalue weighted by Gasteiger charge is 2.10. The second-order valence-corrected chi connectivity index (χ2v) is 4.54. The van der Waals surface area contributed by atoms with E-state index >= 15 is 0 Å². The number of nitriles is 1. The molecule has 1 aromatic heterocycles. The van der Waals surface area contributed by atoms with Gasteiger partial charge in [-0.2, -0.15) is 5.26 Å². The Kier molecular flexibility index (Phi) is 3.16. The van der Waals surface area contributed by atoms with E-state index < -0.39 is 0 Å². The van der Waals surface area contributed by atoms with Crippen LogP contribution in [0.2, 0.25) is 0 Å². The van der Waals surface area contributed by atoms with Crippen molar-refractivity contribution in [2.24, 2.45) is 0 Å². The normalized spacial score (nSPS) is 10.4. The summed E-state index contributed by atoms with van der Waals surface area (Å²) in [4.78, 5) is 4.13. The Labute approximate surface area is 116 Å². The van der Waals surface area contributed by atoms with Crippen molar-refractivity contribution in [3.05, 3.63) is 66.0 Å². The molecule has 3 aromatic rings. The number of aromatic nitrogens is 1. The molecule has 0 unspecified atom stereocenters. The number of aliphatic hydroxyl groups excluding tert-OH is 1. The predicted molar refractivity (Wildman–Crippen MR) is 77.8 cm³/mol. The number of nitrogens with zero attached hydrogens (tertiary/aromatic N) is 2. The Balaban J connectivity index is 2.33. The molecule has 0 radical (unpaired) electrons. The first-order chi connectivity index (χ1) is 9.83. The summed E-state index contributed by atoms with van der Waals surface area (Å²) < 4.78 is 0. The lowest BCUT2D eigenvalue weighted by molar-refractivity contribution is 0.281. The minimum atomic E-state index is -0.0868. The van der Waals surface area contributed by atoms with Crippen LogP contribution < -0.4 is 0 Å². The van der Waals surface area contributed by atoms with Gasteiger partial charge in [0, 0.05) is 11.8 Å². The number of fused-ring (bicyclic) bond motifs is 1. The number of rotatable bonds is 2. The first-order valence-electron chi connectivity index (χ1n) is 6.31. The molecule has 3 heteroatoms. The van der Waals surface area contributed by atoms with E-state index in [4.69, 9.17) is 0 Å². The highest BCUT2D eigenvalue weighted by molar-refractivity contribution is 5.97. The monoisotopic (exact) mass is 260 g/mol. The van der Waals surface area contributed by atoms with E-state index in [1.807, 2.05) is 48.5 Å². The summed E-state index contributed by atoms with van der Waals surface area (Å²) in [5.74, 6) is 0. The van der Waals surface area contributed by atoms with E-state index in [1.165, 1.54) is 6.20 Å².